The van der Waals surface area contributed by atoms with Crippen LogP contribution < -0.4 is 5.32 Å². The van der Waals surface area contributed by atoms with E-state index in [1.165, 1.54) is 83.8 Å². The molecule has 108 valence electrons. The maximum atomic E-state index is 3.94. The molecule has 0 aromatic heterocycles. The van der Waals surface area contributed by atoms with Crippen LogP contribution in [-0.2, 0) is 0 Å². The Morgan fingerprint density at radius 3 is 2.37 bits per heavy atom. The van der Waals surface area contributed by atoms with Gasteiger partial charge in [-0.05, 0) is 50.4 Å². The van der Waals surface area contributed by atoms with Gasteiger partial charge < -0.3 is 5.32 Å². The van der Waals surface area contributed by atoms with E-state index in [0.29, 0.717) is 5.54 Å². The van der Waals surface area contributed by atoms with E-state index in [4.69, 9.17) is 0 Å². The predicted molar refractivity (Wildman–Crippen MR) is 79.2 cm³/mol. The summed E-state index contributed by atoms with van der Waals surface area (Å²) in [5, 5.41) is 3.94. The third kappa shape index (κ3) is 2.47. The van der Waals surface area contributed by atoms with Crippen LogP contribution in [-0.4, -0.2) is 36.1 Å². The molecular weight excluding hydrogens is 232 g/mol. The third-order valence-electron chi connectivity index (χ3n) is 6.46. The van der Waals surface area contributed by atoms with Crippen LogP contribution in [0.5, 0.6) is 0 Å². The van der Waals surface area contributed by atoms with Gasteiger partial charge in [0, 0.05) is 31.2 Å². The minimum Gasteiger partial charge on any atom is -0.311 e. The molecule has 3 aliphatic carbocycles. The maximum absolute atomic E-state index is 3.94. The molecular formula is C17H30N2. The molecule has 4 rings (SSSR count). The first-order valence-electron chi connectivity index (χ1n) is 8.84. The van der Waals surface area contributed by atoms with Crippen molar-refractivity contribution in [2.75, 3.05) is 19.6 Å². The van der Waals surface area contributed by atoms with Crippen molar-refractivity contribution in [1.29, 1.82) is 0 Å². The Bertz CT molecular complexity index is 313. The topological polar surface area (TPSA) is 15.3 Å². The largest absolute Gasteiger partial charge is 0.311 e. The Labute approximate surface area is 118 Å². The smallest absolute Gasteiger partial charge is 0.0334 e. The minimum absolute atomic E-state index is 0.555. The van der Waals surface area contributed by atoms with E-state index in [1.807, 2.05) is 0 Å². The van der Waals surface area contributed by atoms with Crippen LogP contribution in [0.4, 0.5) is 0 Å². The van der Waals surface area contributed by atoms with Crippen molar-refractivity contribution in [1.82, 2.24) is 10.2 Å². The van der Waals surface area contributed by atoms with Gasteiger partial charge in [-0.25, -0.2) is 0 Å². The zero-order valence-corrected chi connectivity index (χ0v) is 12.4. The maximum Gasteiger partial charge on any atom is 0.0334 e. The van der Waals surface area contributed by atoms with Crippen molar-refractivity contribution in [2.45, 2.75) is 75.8 Å². The molecule has 0 radical (unpaired) electrons. The zero-order valence-electron chi connectivity index (χ0n) is 12.4. The monoisotopic (exact) mass is 262 g/mol. The van der Waals surface area contributed by atoms with Gasteiger partial charge in [-0.2, -0.15) is 0 Å². The molecule has 4 fully saturated rings. The average molecular weight is 262 g/mol. The molecule has 1 atom stereocenters. The van der Waals surface area contributed by atoms with Crippen molar-refractivity contribution < 1.29 is 0 Å². The quantitative estimate of drug-likeness (QED) is 0.840. The number of hydrogen-bond acceptors (Lipinski definition) is 2. The van der Waals surface area contributed by atoms with Crippen LogP contribution in [0.3, 0.4) is 0 Å². The van der Waals surface area contributed by atoms with Crippen molar-refractivity contribution in [3.8, 4) is 0 Å². The summed E-state index contributed by atoms with van der Waals surface area (Å²) < 4.78 is 0. The Morgan fingerprint density at radius 2 is 1.74 bits per heavy atom. The number of nitrogens with zero attached hydrogens (tertiary/aromatic N) is 1. The van der Waals surface area contributed by atoms with Crippen LogP contribution >= 0.6 is 0 Å². The summed E-state index contributed by atoms with van der Waals surface area (Å²) in [5.74, 6) is 2.06. The Morgan fingerprint density at radius 1 is 0.947 bits per heavy atom. The van der Waals surface area contributed by atoms with E-state index in [1.54, 1.807) is 0 Å². The van der Waals surface area contributed by atoms with Gasteiger partial charge in [0.2, 0.25) is 0 Å². The van der Waals surface area contributed by atoms with Crippen molar-refractivity contribution >= 4 is 0 Å². The summed E-state index contributed by atoms with van der Waals surface area (Å²) in [6, 6.07) is 0.827. The highest BCUT2D eigenvalue weighted by Crippen LogP contribution is 2.41. The summed E-state index contributed by atoms with van der Waals surface area (Å²) in [6.45, 7) is 4.08. The lowest BCUT2D eigenvalue weighted by molar-refractivity contribution is -0.0132. The number of rotatable bonds is 3. The van der Waals surface area contributed by atoms with Crippen molar-refractivity contribution in [3.05, 3.63) is 0 Å². The normalized spacial score (nSPS) is 36.3. The van der Waals surface area contributed by atoms with Crippen molar-refractivity contribution in [2.24, 2.45) is 11.8 Å². The standard InChI is InChI=1S/C17H30N2/c1-2-9-17(10-3-1)13-18-16(15-7-8-15)12-19(17)11-14-5-4-6-14/h14-16,18H,1-13H2. The number of piperazine rings is 1. The van der Waals surface area contributed by atoms with Crippen LogP contribution in [0.25, 0.3) is 0 Å². The first-order valence-corrected chi connectivity index (χ1v) is 8.84. The predicted octanol–water partition coefficient (Wildman–Crippen LogP) is 3.17. The summed E-state index contributed by atoms with van der Waals surface area (Å²) in [6.07, 6.45) is 14.8. The van der Waals surface area contributed by atoms with E-state index in [2.05, 4.69) is 10.2 Å². The highest BCUT2D eigenvalue weighted by molar-refractivity contribution is 5.04. The van der Waals surface area contributed by atoms with Gasteiger partial charge in [-0.15, -0.1) is 0 Å². The van der Waals surface area contributed by atoms with Crippen LogP contribution in [0.1, 0.15) is 64.2 Å². The summed E-state index contributed by atoms with van der Waals surface area (Å²) in [5.41, 5.74) is 0.555. The highest BCUT2D eigenvalue weighted by Gasteiger charge is 2.46. The minimum atomic E-state index is 0.555. The van der Waals surface area contributed by atoms with E-state index in [0.717, 1.165) is 17.9 Å². The second kappa shape index (κ2) is 5.04. The van der Waals surface area contributed by atoms with E-state index in [-0.39, 0.29) is 0 Å². The molecule has 1 heterocycles. The van der Waals surface area contributed by atoms with E-state index < -0.39 is 0 Å². The SMILES string of the molecule is C1CCC2(CC1)CNC(C1CC1)CN2CC1CCC1. The van der Waals surface area contributed by atoms with Gasteiger partial charge in [0.05, 0.1) is 0 Å². The fraction of sp³-hybridized carbons (Fsp3) is 1.00. The molecule has 3 saturated carbocycles. The van der Waals surface area contributed by atoms with Gasteiger partial charge in [0.1, 0.15) is 0 Å². The molecule has 1 unspecified atom stereocenters. The van der Waals surface area contributed by atoms with Crippen LogP contribution in [0, 0.1) is 11.8 Å². The van der Waals surface area contributed by atoms with E-state index >= 15 is 0 Å². The van der Waals surface area contributed by atoms with E-state index in [9.17, 15) is 0 Å². The van der Waals surface area contributed by atoms with Gasteiger partial charge in [-0.3, -0.25) is 4.90 Å². The fourth-order valence-electron chi connectivity index (χ4n) is 4.70. The molecule has 19 heavy (non-hydrogen) atoms. The average Bonchev–Trinajstić information content (AvgIpc) is 3.21. The number of hydrogen-bond donors (Lipinski definition) is 1. The highest BCUT2D eigenvalue weighted by atomic mass is 15.3. The zero-order chi connectivity index (χ0) is 12.7. The van der Waals surface area contributed by atoms with Gasteiger partial charge in [0.15, 0.2) is 0 Å². The second-order valence-electron chi connectivity index (χ2n) is 7.81. The Balaban J connectivity index is 1.47. The Hall–Kier alpha value is -0.0800. The lowest BCUT2D eigenvalue weighted by Gasteiger charge is -2.54. The molecule has 2 nitrogen and oxygen atoms in total. The lowest BCUT2D eigenvalue weighted by atomic mass is 9.76. The van der Waals surface area contributed by atoms with Crippen LogP contribution in [0.2, 0.25) is 0 Å². The summed E-state index contributed by atoms with van der Waals surface area (Å²) in [4.78, 5) is 2.97. The van der Waals surface area contributed by atoms with Crippen molar-refractivity contribution in [3.63, 3.8) is 0 Å². The molecule has 1 saturated heterocycles. The molecule has 2 heteroatoms. The fourth-order valence-corrected chi connectivity index (χ4v) is 4.70. The lowest BCUT2D eigenvalue weighted by Crippen LogP contribution is -2.66. The first kappa shape index (κ1) is 12.6. The molecule has 1 N–H and O–H groups in total. The number of nitrogens with one attached hydrogen (secondary N) is 1. The first-order chi connectivity index (χ1) is 9.36. The molecule has 0 amide bonds. The Kier molecular flexibility index (Phi) is 3.35. The third-order valence-corrected chi connectivity index (χ3v) is 6.46. The van der Waals surface area contributed by atoms with Gasteiger partial charge in [0.25, 0.3) is 0 Å². The summed E-state index contributed by atoms with van der Waals surface area (Å²) >= 11 is 0. The second-order valence-corrected chi connectivity index (χ2v) is 7.81. The molecule has 0 aromatic carbocycles. The van der Waals surface area contributed by atoms with Gasteiger partial charge >= 0.3 is 0 Å². The molecule has 1 spiro atoms. The molecule has 4 aliphatic rings. The van der Waals surface area contributed by atoms with Gasteiger partial charge in [-0.1, -0.05) is 25.7 Å². The van der Waals surface area contributed by atoms with Crippen LogP contribution in [0.15, 0.2) is 0 Å². The molecule has 0 aromatic rings. The summed E-state index contributed by atoms with van der Waals surface area (Å²) in [7, 11) is 0. The molecule has 0 bridgehead atoms. The molecule has 1 aliphatic heterocycles.